The van der Waals surface area contributed by atoms with Crippen LogP contribution in [0.1, 0.15) is 12.8 Å². The van der Waals surface area contributed by atoms with Crippen molar-refractivity contribution in [2.45, 2.75) is 17.1 Å². The predicted molar refractivity (Wildman–Crippen MR) is 89.6 cm³/mol. The molecule has 1 aliphatic rings. The number of rotatable bonds is 5. The number of anilines is 2. The van der Waals surface area contributed by atoms with Crippen molar-refractivity contribution >= 4 is 32.7 Å². The zero-order valence-corrected chi connectivity index (χ0v) is 13.9. The van der Waals surface area contributed by atoms with Crippen molar-refractivity contribution in [2.75, 3.05) is 29.8 Å². The summed E-state index contributed by atoms with van der Waals surface area (Å²) >= 11 is 1.19. The predicted octanol–water partition coefficient (Wildman–Crippen LogP) is 3.16. The average molecular weight is 338 g/mol. The van der Waals surface area contributed by atoms with Crippen LogP contribution in [-0.4, -0.2) is 28.6 Å². The van der Waals surface area contributed by atoms with Gasteiger partial charge in [-0.05, 0) is 36.4 Å². The van der Waals surface area contributed by atoms with E-state index in [4.69, 9.17) is 4.74 Å². The van der Waals surface area contributed by atoms with E-state index in [1.165, 1.54) is 24.2 Å². The topological polar surface area (TPSA) is 58.6 Å². The molecule has 7 heteroatoms. The van der Waals surface area contributed by atoms with E-state index in [-0.39, 0.29) is 4.21 Å². The molecular weight excluding hydrogens is 320 g/mol. The molecule has 0 atom stereocenters. The Morgan fingerprint density at radius 2 is 2.00 bits per heavy atom. The summed E-state index contributed by atoms with van der Waals surface area (Å²) in [5.74, 6) is 0.532. The monoisotopic (exact) mass is 338 g/mol. The Labute approximate surface area is 134 Å². The highest BCUT2D eigenvalue weighted by Gasteiger charge is 2.19. The summed E-state index contributed by atoms with van der Waals surface area (Å²) < 4.78 is 32.9. The summed E-state index contributed by atoms with van der Waals surface area (Å²) in [4.78, 5) is 2.28. The van der Waals surface area contributed by atoms with Gasteiger partial charge in [-0.2, -0.15) is 0 Å². The summed E-state index contributed by atoms with van der Waals surface area (Å²) in [6.45, 7) is 2.06. The van der Waals surface area contributed by atoms with Crippen molar-refractivity contribution in [2.24, 2.45) is 0 Å². The van der Waals surface area contributed by atoms with Gasteiger partial charge in [0, 0.05) is 24.8 Å². The van der Waals surface area contributed by atoms with Gasteiger partial charge in [-0.3, -0.25) is 4.72 Å². The maximum atomic E-state index is 12.3. The molecular formula is C15H18N2O3S2. The van der Waals surface area contributed by atoms with Crippen LogP contribution in [0.4, 0.5) is 11.4 Å². The van der Waals surface area contributed by atoms with Gasteiger partial charge in [0.2, 0.25) is 0 Å². The third-order valence-corrected chi connectivity index (χ3v) is 6.42. The van der Waals surface area contributed by atoms with E-state index < -0.39 is 10.0 Å². The van der Waals surface area contributed by atoms with Crippen molar-refractivity contribution in [1.82, 2.24) is 0 Å². The van der Waals surface area contributed by atoms with Gasteiger partial charge in [0.1, 0.15) is 9.96 Å². The van der Waals surface area contributed by atoms with Gasteiger partial charge in [-0.1, -0.05) is 6.07 Å². The van der Waals surface area contributed by atoms with Crippen LogP contribution in [0.3, 0.4) is 0 Å². The Balaban J connectivity index is 1.87. The van der Waals surface area contributed by atoms with Crippen LogP contribution in [0.25, 0.3) is 0 Å². The van der Waals surface area contributed by atoms with Crippen LogP contribution < -0.4 is 14.4 Å². The Hall–Kier alpha value is -1.73. The van der Waals surface area contributed by atoms with E-state index in [2.05, 4.69) is 9.62 Å². The third kappa shape index (κ3) is 3.05. The standard InChI is InChI=1S/C15H18N2O3S2/c1-20-14-11-12(17-8-2-3-9-17)6-7-13(14)16-22(18,19)15-5-4-10-21-15/h4-7,10-11,16H,2-3,8-9H2,1H3. The van der Waals surface area contributed by atoms with Crippen LogP contribution in [0, 0.1) is 0 Å². The summed E-state index contributed by atoms with van der Waals surface area (Å²) in [6.07, 6.45) is 2.38. The molecule has 5 nitrogen and oxygen atoms in total. The molecule has 3 rings (SSSR count). The van der Waals surface area contributed by atoms with Gasteiger partial charge in [0.25, 0.3) is 10.0 Å². The minimum atomic E-state index is -3.56. The Morgan fingerprint density at radius 1 is 1.23 bits per heavy atom. The number of benzene rings is 1. The SMILES string of the molecule is COc1cc(N2CCCC2)ccc1NS(=O)(=O)c1cccs1. The zero-order valence-electron chi connectivity index (χ0n) is 12.3. The lowest BCUT2D eigenvalue weighted by atomic mass is 10.2. The van der Waals surface area contributed by atoms with Gasteiger partial charge in [-0.15, -0.1) is 11.3 Å². The highest BCUT2D eigenvalue weighted by atomic mass is 32.2. The van der Waals surface area contributed by atoms with Gasteiger partial charge in [0.15, 0.2) is 0 Å². The molecule has 0 unspecified atom stereocenters. The summed E-state index contributed by atoms with van der Waals surface area (Å²) in [5.41, 5.74) is 1.52. The lowest BCUT2D eigenvalue weighted by Gasteiger charge is -2.20. The first kappa shape index (κ1) is 15.2. The van der Waals surface area contributed by atoms with Crippen molar-refractivity contribution < 1.29 is 13.2 Å². The minimum Gasteiger partial charge on any atom is -0.494 e. The first-order valence-corrected chi connectivity index (χ1v) is 9.46. The zero-order chi connectivity index (χ0) is 15.6. The van der Waals surface area contributed by atoms with Crippen LogP contribution >= 0.6 is 11.3 Å². The Bertz CT molecular complexity index is 736. The van der Waals surface area contributed by atoms with Crippen LogP contribution in [0.5, 0.6) is 5.75 Å². The number of hydrogen-bond acceptors (Lipinski definition) is 5. The Kier molecular flexibility index (Phi) is 4.26. The van der Waals surface area contributed by atoms with Crippen molar-refractivity contribution in [3.63, 3.8) is 0 Å². The molecule has 2 heterocycles. The lowest BCUT2D eigenvalue weighted by Crippen LogP contribution is -2.18. The van der Waals surface area contributed by atoms with Crippen molar-refractivity contribution in [3.8, 4) is 5.75 Å². The molecule has 2 aromatic rings. The Morgan fingerprint density at radius 3 is 2.64 bits per heavy atom. The quantitative estimate of drug-likeness (QED) is 0.910. The van der Waals surface area contributed by atoms with Gasteiger partial charge >= 0.3 is 0 Å². The van der Waals surface area contributed by atoms with Crippen LogP contribution in [-0.2, 0) is 10.0 Å². The van der Waals surface area contributed by atoms with E-state index in [9.17, 15) is 8.42 Å². The number of thiophene rings is 1. The fourth-order valence-electron chi connectivity index (χ4n) is 2.55. The summed E-state index contributed by atoms with van der Waals surface area (Å²) in [6, 6.07) is 8.88. The molecule has 1 aromatic carbocycles. The minimum absolute atomic E-state index is 0.290. The smallest absolute Gasteiger partial charge is 0.271 e. The fraction of sp³-hybridized carbons (Fsp3) is 0.333. The summed E-state index contributed by atoms with van der Waals surface area (Å²) in [5, 5.41) is 1.74. The highest BCUT2D eigenvalue weighted by molar-refractivity contribution is 7.94. The van der Waals surface area contributed by atoms with Crippen LogP contribution in [0.2, 0.25) is 0 Å². The molecule has 0 amide bonds. The first-order valence-electron chi connectivity index (χ1n) is 7.09. The van der Waals surface area contributed by atoms with E-state index in [0.29, 0.717) is 11.4 Å². The molecule has 1 N–H and O–H groups in total. The molecule has 0 saturated carbocycles. The van der Waals surface area contributed by atoms with Crippen LogP contribution in [0.15, 0.2) is 39.9 Å². The number of sulfonamides is 1. The number of methoxy groups -OCH3 is 1. The molecule has 1 saturated heterocycles. The second-order valence-electron chi connectivity index (χ2n) is 5.12. The van der Waals surface area contributed by atoms with E-state index in [1.54, 1.807) is 30.7 Å². The average Bonchev–Trinajstić information content (AvgIpc) is 3.21. The summed E-state index contributed by atoms with van der Waals surface area (Å²) in [7, 11) is -2.01. The normalized spacial score (nSPS) is 15.0. The molecule has 1 aromatic heterocycles. The number of hydrogen-bond donors (Lipinski definition) is 1. The molecule has 22 heavy (non-hydrogen) atoms. The number of nitrogens with zero attached hydrogens (tertiary/aromatic N) is 1. The molecule has 0 spiro atoms. The third-order valence-electron chi connectivity index (χ3n) is 3.66. The molecule has 0 radical (unpaired) electrons. The molecule has 118 valence electrons. The maximum Gasteiger partial charge on any atom is 0.271 e. The number of nitrogens with one attached hydrogen (secondary N) is 1. The number of ether oxygens (including phenoxy) is 1. The molecule has 0 bridgehead atoms. The molecule has 1 fully saturated rings. The molecule has 0 aliphatic carbocycles. The van der Waals surface area contributed by atoms with E-state index in [0.717, 1.165) is 18.8 Å². The molecule has 1 aliphatic heterocycles. The second kappa shape index (κ2) is 6.18. The van der Waals surface area contributed by atoms with Crippen molar-refractivity contribution in [1.29, 1.82) is 0 Å². The first-order chi connectivity index (χ1) is 10.6. The maximum absolute atomic E-state index is 12.3. The highest BCUT2D eigenvalue weighted by Crippen LogP contribution is 2.33. The van der Waals surface area contributed by atoms with Gasteiger partial charge < -0.3 is 9.64 Å². The lowest BCUT2D eigenvalue weighted by molar-refractivity contribution is 0.417. The van der Waals surface area contributed by atoms with E-state index >= 15 is 0 Å². The fourth-order valence-corrected chi connectivity index (χ4v) is 4.61. The second-order valence-corrected chi connectivity index (χ2v) is 7.97. The van der Waals surface area contributed by atoms with Crippen molar-refractivity contribution in [3.05, 3.63) is 35.7 Å². The van der Waals surface area contributed by atoms with E-state index in [1.807, 2.05) is 12.1 Å². The van der Waals surface area contributed by atoms with Gasteiger partial charge in [0.05, 0.1) is 12.8 Å². The largest absolute Gasteiger partial charge is 0.494 e. The van der Waals surface area contributed by atoms with Gasteiger partial charge in [-0.25, -0.2) is 8.42 Å².